The maximum Gasteiger partial charge on any atom is 0.133 e. The van der Waals surface area contributed by atoms with E-state index in [0.717, 1.165) is 11.4 Å². The quantitative estimate of drug-likeness (QED) is 0.858. The molecule has 0 aliphatic rings. The number of rotatable bonds is 3. The summed E-state index contributed by atoms with van der Waals surface area (Å²) in [6, 6.07) is 10.9. The number of pyridine rings is 1. The Morgan fingerprint density at radius 3 is 2.50 bits per heavy atom. The number of benzene rings is 1. The molecule has 2 aromatic rings. The molecule has 0 bridgehead atoms. The highest BCUT2D eigenvalue weighted by Crippen LogP contribution is 2.14. The molecule has 0 saturated heterocycles. The summed E-state index contributed by atoms with van der Waals surface area (Å²) in [6.07, 6.45) is 1.43. The Morgan fingerprint density at radius 2 is 1.88 bits per heavy atom. The van der Waals surface area contributed by atoms with Crippen LogP contribution in [0.3, 0.4) is 0 Å². The number of aromatic hydroxyl groups is 1. The van der Waals surface area contributed by atoms with E-state index < -0.39 is 0 Å². The summed E-state index contributed by atoms with van der Waals surface area (Å²) in [6.45, 7) is 0.613. The van der Waals surface area contributed by atoms with Gasteiger partial charge in [-0.05, 0) is 36.4 Å². The van der Waals surface area contributed by atoms with Crippen LogP contribution in [-0.2, 0) is 6.54 Å². The molecule has 0 atom stereocenters. The van der Waals surface area contributed by atoms with Crippen molar-refractivity contribution >= 4 is 17.3 Å². The van der Waals surface area contributed by atoms with Gasteiger partial charge >= 0.3 is 0 Å². The van der Waals surface area contributed by atoms with Crippen LogP contribution in [0, 0.1) is 0 Å². The summed E-state index contributed by atoms with van der Waals surface area (Å²) in [7, 11) is 0. The zero-order chi connectivity index (χ0) is 11.4. The minimum atomic E-state index is 0.176. The van der Waals surface area contributed by atoms with Crippen LogP contribution < -0.4 is 5.32 Å². The van der Waals surface area contributed by atoms with Crippen LogP contribution in [0.2, 0.25) is 5.02 Å². The van der Waals surface area contributed by atoms with E-state index >= 15 is 0 Å². The van der Waals surface area contributed by atoms with Crippen LogP contribution in [0.25, 0.3) is 0 Å². The second kappa shape index (κ2) is 4.86. The fraction of sp³-hybridized carbons (Fsp3) is 0.0833. The predicted octanol–water partition coefficient (Wildman–Crippen LogP) is 3.05. The summed E-state index contributed by atoms with van der Waals surface area (Å²) in [5.41, 5.74) is 1.85. The van der Waals surface area contributed by atoms with Gasteiger partial charge in [-0.15, -0.1) is 0 Å². The van der Waals surface area contributed by atoms with Crippen LogP contribution in [0.5, 0.6) is 5.75 Å². The number of hydrogen-bond donors (Lipinski definition) is 2. The van der Waals surface area contributed by atoms with Crippen molar-refractivity contribution in [3.8, 4) is 5.75 Å². The number of nitrogens with zero attached hydrogens (tertiary/aromatic N) is 1. The average Bonchev–Trinajstić information content (AvgIpc) is 2.30. The molecule has 0 amide bonds. The summed E-state index contributed by atoms with van der Waals surface area (Å²) >= 11 is 5.78. The van der Waals surface area contributed by atoms with Crippen LogP contribution in [0.1, 0.15) is 5.69 Å². The second-order valence-corrected chi connectivity index (χ2v) is 3.80. The molecule has 3 nitrogen and oxygen atoms in total. The van der Waals surface area contributed by atoms with Gasteiger partial charge in [-0.3, -0.25) is 4.98 Å². The highest BCUT2D eigenvalue weighted by Gasteiger charge is 1.96. The van der Waals surface area contributed by atoms with E-state index in [-0.39, 0.29) is 5.75 Å². The number of anilines is 1. The van der Waals surface area contributed by atoms with E-state index in [0.29, 0.717) is 11.6 Å². The average molecular weight is 235 g/mol. The molecule has 1 heterocycles. The van der Waals surface area contributed by atoms with Crippen molar-refractivity contribution in [3.63, 3.8) is 0 Å². The van der Waals surface area contributed by atoms with Gasteiger partial charge in [-0.1, -0.05) is 11.6 Å². The second-order valence-electron chi connectivity index (χ2n) is 3.37. The molecule has 2 N–H and O–H groups in total. The van der Waals surface area contributed by atoms with E-state index in [1.807, 2.05) is 24.3 Å². The van der Waals surface area contributed by atoms with E-state index in [9.17, 15) is 0 Å². The maximum atomic E-state index is 9.07. The lowest BCUT2D eigenvalue weighted by molar-refractivity contribution is 0.472. The fourth-order valence-corrected chi connectivity index (χ4v) is 1.41. The minimum Gasteiger partial charge on any atom is -0.506 e. The van der Waals surface area contributed by atoms with E-state index in [2.05, 4.69) is 10.3 Å². The van der Waals surface area contributed by atoms with Crippen molar-refractivity contribution in [1.29, 1.82) is 0 Å². The molecule has 0 unspecified atom stereocenters. The summed E-state index contributed by atoms with van der Waals surface area (Å²) in [5.74, 6) is 0.176. The van der Waals surface area contributed by atoms with E-state index in [1.54, 1.807) is 12.1 Å². The van der Waals surface area contributed by atoms with Crippen LogP contribution in [0.4, 0.5) is 5.69 Å². The first-order valence-corrected chi connectivity index (χ1v) is 5.25. The molecule has 0 aliphatic heterocycles. The third kappa shape index (κ3) is 2.87. The number of hydrogen-bond acceptors (Lipinski definition) is 3. The van der Waals surface area contributed by atoms with Gasteiger partial charge in [0.15, 0.2) is 0 Å². The van der Waals surface area contributed by atoms with Gasteiger partial charge < -0.3 is 10.4 Å². The first-order valence-electron chi connectivity index (χ1n) is 4.87. The molecular formula is C12H11ClN2O. The van der Waals surface area contributed by atoms with Crippen molar-refractivity contribution in [3.05, 3.63) is 53.3 Å². The van der Waals surface area contributed by atoms with Crippen molar-refractivity contribution in [2.45, 2.75) is 6.54 Å². The van der Waals surface area contributed by atoms with Gasteiger partial charge in [-0.2, -0.15) is 0 Å². The third-order valence-corrected chi connectivity index (χ3v) is 2.38. The van der Waals surface area contributed by atoms with Gasteiger partial charge in [-0.25, -0.2) is 0 Å². The molecule has 0 spiro atoms. The molecule has 1 aromatic carbocycles. The molecule has 82 valence electrons. The van der Waals surface area contributed by atoms with Gasteiger partial charge in [0.25, 0.3) is 0 Å². The summed E-state index contributed by atoms with van der Waals surface area (Å²) < 4.78 is 0. The SMILES string of the molecule is Oc1ccc(CNc2ccc(Cl)cc2)nc1. The minimum absolute atomic E-state index is 0.176. The zero-order valence-corrected chi connectivity index (χ0v) is 9.28. The topological polar surface area (TPSA) is 45.1 Å². The molecule has 0 radical (unpaired) electrons. The molecule has 1 aromatic heterocycles. The fourth-order valence-electron chi connectivity index (χ4n) is 1.28. The molecule has 4 heteroatoms. The summed E-state index contributed by atoms with van der Waals surface area (Å²) in [5, 5.41) is 13.0. The Bertz CT molecular complexity index is 408. The standard InChI is InChI=1S/C12H11ClN2O/c13-9-1-3-10(4-2-9)14-7-11-5-6-12(16)8-15-11/h1-6,8,14,16H,7H2. The molecular weight excluding hydrogens is 224 g/mol. The van der Waals surface area contributed by atoms with Gasteiger partial charge in [0, 0.05) is 10.7 Å². The number of nitrogens with one attached hydrogen (secondary N) is 1. The third-order valence-electron chi connectivity index (χ3n) is 2.13. The zero-order valence-electron chi connectivity index (χ0n) is 8.52. The Morgan fingerprint density at radius 1 is 1.12 bits per heavy atom. The summed E-state index contributed by atoms with van der Waals surface area (Å²) in [4.78, 5) is 4.07. The lowest BCUT2D eigenvalue weighted by Gasteiger charge is -2.05. The van der Waals surface area contributed by atoms with Crippen molar-refractivity contribution in [2.24, 2.45) is 0 Å². The lowest BCUT2D eigenvalue weighted by atomic mass is 10.3. The van der Waals surface area contributed by atoms with E-state index in [1.165, 1.54) is 6.20 Å². The van der Waals surface area contributed by atoms with Crippen molar-refractivity contribution < 1.29 is 5.11 Å². The van der Waals surface area contributed by atoms with Crippen LogP contribution in [0.15, 0.2) is 42.6 Å². The van der Waals surface area contributed by atoms with Gasteiger partial charge in [0.05, 0.1) is 18.4 Å². The molecule has 2 rings (SSSR count). The number of halogens is 1. The lowest BCUT2D eigenvalue weighted by Crippen LogP contribution is -2.00. The van der Waals surface area contributed by atoms with Crippen molar-refractivity contribution in [2.75, 3.05) is 5.32 Å². The highest BCUT2D eigenvalue weighted by molar-refractivity contribution is 6.30. The Hall–Kier alpha value is -1.74. The first-order chi connectivity index (χ1) is 7.74. The molecule has 16 heavy (non-hydrogen) atoms. The monoisotopic (exact) mass is 234 g/mol. The predicted molar refractivity (Wildman–Crippen MR) is 64.7 cm³/mol. The Labute approximate surface area is 98.7 Å². The van der Waals surface area contributed by atoms with Crippen molar-refractivity contribution in [1.82, 2.24) is 4.98 Å². The smallest absolute Gasteiger partial charge is 0.133 e. The maximum absolute atomic E-state index is 9.07. The van der Waals surface area contributed by atoms with E-state index in [4.69, 9.17) is 16.7 Å². The molecule has 0 aliphatic carbocycles. The largest absolute Gasteiger partial charge is 0.506 e. The number of aromatic nitrogens is 1. The van der Waals surface area contributed by atoms with Gasteiger partial charge in [0.1, 0.15) is 5.75 Å². The van der Waals surface area contributed by atoms with Gasteiger partial charge in [0.2, 0.25) is 0 Å². The Balaban J connectivity index is 1.97. The highest BCUT2D eigenvalue weighted by atomic mass is 35.5. The Kier molecular flexibility index (Phi) is 3.27. The first kappa shape index (κ1) is 10.8. The van der Waals surface area contributed by atoms with Crippen LogP contribution >= 0.6 is 11.6 Å². The van der Waals surface area contributed by atoms with Crippen LogP contribution in [-0.4, -0.2) is 10.1 Å². The molecule has 0 fully saturated rings. The normalized spacial score (nSPS) is 10.1. The molecule has 0 saturated carbocycles.